The van der Waals surface area contributed by atoms with Gasteiger partial charge in [0.25, 0.3) is 5.91 Å². The van der Waals surface area contributed by atoms with E-state index >= 15 is 0 Å². The van der Waals surface area contributed by atoms with Crippen molar-refractivity contribution >= 4 is 29.2 Å². The molecule has 34 heavy (non-hydrogen) atoms. The van der Waals surface area contributed by atoms with Crippen molar-refractivity contribution in [1.29, 1.82) is 0 Å². The first-order valence-corrected chi connectivity index (χ1v) is 11.0. The van der Waals surface area contributed by atoms with E-state index in [1.165, 1.54) is 0 Å². The smallest absolute Gasteiger partial charge is 0.321 e. The summed E-state index contributed by atoms with van der Waals surface area (Å²) < 4.78 is 5.22. The van der Waals surface area contributed by atoms with Gasteiger partial charge in [0.15, 0.2) is 0 Å². The fourth-order valence-corrected chi connectivity index (χ4v) is 4.32. The van der Waals surface area contributed by atoms with E-state index in [0.29, 0.717) is 23.5 Å². The van der Waals surface area contributed by atoms with Gasteiger partial charge in [-0.2, -0.15) is 0 Å². The van der Waals surface area contributed by atoms with Crippen molar-refractivity contribution in [2.75, 3.05) is 37.4 Å². The summed E-state index contributed by atoms with van der Waals surface area (Å²) in [5.41, 5.74) is 3.39. The molecule has 0 aliphatic carbocycles. The van der Waals surface area contributed by atoms with E-state index in [0.717, 1.165) is 16.9 Å². The largest absolute Gasteiger partial charge is 0.497 e. The molecule has 1 saturated heterocycles. The minimum Gasteiger partial charge on any atom is -0.497 e. The van der Waals surface area contributed by atoms with Gasteiger partial charge in [-0.3, -0.25) is 9.59 Å². The fraction of sp³-hybridized carbons (Fsp3) is 0.192. The Morgan fingerprint density at radius 3 is 2.44 bits per heavy atom. The summed E-state index contributed by atoms with van der Waals surface area (Å²) in [4.78, 5) is 42.4. The van der Waals surface area contributed by atoms with Gasteiger partial charge in [-0.1, -0.05) is 36.4 Å². The molecule has 172 valence electrons. The van der Waals surface area contributed by atoms with Crippen molar-refractivity contribution < 1.29 is 19.1 Å². The first-order chi connectivity index (χ1) is 16.5. The molecule has 8 heteroatoms. The maximum atomic E-state index is 13.5. The summed E-state index contributed by atoms with van der Waals surface area (Å²) in [6.45, 7) is 0.725. The van der Waals surface area contributed by atoms with Crippen LogP contribution < -0.4 is 15.4 Å². The number of fused-ring (bicyclic) bond motifs is 2. The number of carbonyl (C=O) groups is 3. The molecule has 2 aliphatic heterocycles. The van der Waals surface area contributed by atoms with Crippen LogP contribution in [-0.2, 0) is 4.79 Å². The van der Waals surface area contributed by atoms with Gasteiger partial charge in [-0.05, 0) is 47.5 Å². The predicted molar refractivity (Wildman–Crippen MR) is 129 cm³/mol. The molecule has 1 atom stereocenters. The molecule has 0 saturated carbocycles. The highest BCUT2D eigenvalue weighted by atomic mass is 16.5. The third kappa shape index (κ3) is 4.05. The zero-order valence-corrected chi connectivity index (χ0v) is 18.7. The minimum absolute atomic E-state index is 0.121. The summed E-state index contributed by atoms with van der Waals surface area (Å²) in [6, 6.07) is 21.1. The average molecular weight is 457 g/mol. The third-order valence-corrected chi connectivity index (χ3v) is 6.19. The van der Waals surface area contributed by atoms with E-state index in [1.54, 1.807) is 41.2 Å². The summed E-state index contributed by atoms with van der Waals surface area (Å²) in [6.07, 6.45) is 0. The molecular weight excluding hydrogens is 432 g/mol. The van der Waals surface area contributed by atoms with Crippen molar-refractivity contribution in [2.24, 2.45) is 0 Å². The minimum atomic E-state index is -0.764. The topological polar surface area (TPSA) is 91.0 Å². The Hall–Kier alpha value is -4.33. The van der Waals surface area contributed by atoms with Gasteiger partial charge in [-0.25, -0.2) is 4.79 Å². The predicted octanol–water partition coefficient (Wildman–Crippen LogP) is 3.67. The van der Waals surface area contributed by atoms with Crippen LogP contribution in [0.25, 0.3) is 11.1 Å². The number of carbonyl (C=O) groups excluding carboxylic acids is 3. The summed E-state index contributed by atoms with van der Waals surface area (Å²) in [5.74, 6) is 0.220. The lowest BCUT2D eigenvalue weighted by Gasteiger charge is -2.39. The van der Waals surface area contributed by atoms with Crippen LogP contribution in [0, 0.1) is 0 Å². The monoisotopic (exact) mass is 456 g/mol. The van der Waals surface area contributed by atoms with E-state index in [9.17, 15) is 14.4 Å². The van der Waals surface area contributed by atoms with Crippen LogP contribution in [0.2, 0.25) is 0 Å². The van der Waals surface area contributed by atoms with E-state index in [2.05, 4.69) is 10.6 Å². The number of piperazine rings is 1. The van der Waals surface area contributed by atoms with Gasteiger partial charge in [0, 0.05) is 18.8 Å². The van der Waals surface area contributed by atoms with Crippen LogP contribution in [0.15, 0.2) is 72.8 Å². The number of amides is 4. The molecule has 5 rings (SSSR count). The Morgan fingerprint density at radius 2 is 1.71 bits per heavy atom. The summed E-state index contributed by atoms with van der Waals surface area (Å²) in [5, 5.41) is 5.72. The average Bonchev–Trinajstić information content (AvgIpc) is 2.98. The van der Waals surface area contributed by atoms with Crippen LogP contribution in [-0.4, -0.2) is 60.4 Å². The van der Waals surface area contributed by atoms with Gasteiger partial charge in [0.05, 0.1) is 24.9 Å². The first-order valence-electron chi connectivity index (χ1n) is 11.0. The number of nitrogens with zero attached hydrogens (tertiary/aromatic N) is 2. The molecule has 0 aromatic heterocycles. The lowest BCUT2D eigenvalue weighted by molar-refractivity contribution is -0.121. The number of hydrogen-bond donors (Lipinski definition) is 2. The van der Waals surface area contributed by atoms with Crippen molar-refractivity contribution in [2.45, 2.75) is 6.04 Å². The Kier molecular flexibility index (Phi) is 5.63. The van der Waals surface area contributed by atoms with Crippen LogP contribution in [0.5, 0.6) is 5.75 Å². The molecule has 2 N–H and O–H groups in total. The van der Waals surface area contributed by atoms with E-state index in [4.69, 9.17) is 4.74 Å². The number of hydrogen-bond acceptors (Lipinski definition) is 4. The molecule has 0 bridgehead atoms. The molecule has 3 aromatic rings. The fourth-order valence-electron chi connectivity index (χ4n) is 4.32. The lowest BCUT2D eigenvalue weighted by atomic mass is 10.0. The number of nitrogens with one attached hydrogen (secondary N) is 2. The van der Waals surface area contributed by atoms with Crippen LogP contribution in [0.1, 0.15) is 10.4 Å². The number of ether oxygens (including phenoxy) is 1. The number of benzene rings is 3. The van der Waals surface area contributed by atoms with Gasteiger partial charge >= 0.3 is 6.03 Å². The Morgan fingerprint density at radius 1 is 0.971 bits per heavy atom. The molecule has 3 aromatic carbocycles. The molecule has 0 radical (unpaired) electrons. The van der Waals surface area contributed by atoms with Crippen molar-refractivity contribution in [3.63, 3.8) is 0 Å². The normalized spacial score (nSPS) is 17.3. The highest BCUT2D eigenvalue weighted by molar-refractivity contribution is 6.11. The Bertz CT molecular complexity index is 1240. The molecule has 1 fully saturated rings. The first kappa shape index (κ1) is 21.5. The molecule has 0 spiro atoms. The standard InChI is InChI=1S/C26H24N4O4/c1-34-20-10-7-17(8-11-20)18-9-12-22-21(15-18)25(32)30-14-13-29(16-23(30)24(31)28-22)26(33)27-19-5-3-2-4-6-19/h2-12,15,23H,13-14,16H2,1H3,(H,27,33)(H,28,31)/t23-/m0/s1. The van der Waals surface area contributed by atoms with E-state index in [-0.39, 0.29) is 30.9 Å². The van der Waals surface area contributed by atoms with Crippen molar-refractivity contribution in [3.05, 3.63) is 78.4 Å². The summed E-state index contributed by atoms with van der Waals surface area (Å²) >= 11 is 0. The highest BCUT2D eigenvalue weighted by Crippen LogP contribution is 2.31. The van der Waals surface area contributed by atoms with Gasteiger partial charge in [0.2, 0.25) is 5.91 Å². The molecular formula is C26H24N4O4. The number of urea groups is 1. The van der Waals surface area contributed by atoms with Crippen molar-refractivity contribution in [3.8, 4) is 16.9 Å². The number of anilines is 2. The van der Waals surface area contributed by atoms with Gasteiger partial charge in [-0.15, -0.1) is 0 Å². The van der Waals surface area contributed by atoms with Crippen molar-refractivity contribution in [1.82, 2.24) is 9.80 Å². The highest BCUT2D eigenvalue weighted by Gasteiger charge is 2.40. The third-order valence-electron chi connectivity index (χ3n) is 6.19. The molecule has 0 unspecified atom stereocenters. The Labute approximate surface area is 197 Å². The molecule has 2 heterocycles. The molecule has 8 nitrogen and oxygen atoms in total. The second-order valence-corrected chi connectivity index (χ2v) is 8.23. The van der Waals surface area contributed by atoms with Gasteiger partial charge in [0.1, 0.15) is 11.8 Å². The Balaban J connectivity index is 1.37. The quantitative estimate of drug-likeness (QED) is 0.629. The van der Waals surface area contributed by atoms with E-state index < -0.39 is 6.04 Å². The van der Waals surface area contributed by atoms with Crippen LogP contribution >= 0.6 is 0 Å². The number of para-hydroxylation sites is 1. The zero-order valence-electron chi connectivity index (χ0n) is 18.7. The molecule has 2 aliphatic rings. The maximum Gasteiger partial charge on any atom is 0.321 e. The SMILES string of the molecule is COc1ccc(-c2ccc3c(c2)C(=O)N2CCN(C(=O)Nc4ccccc4)C[C@H]2C(=O)N3)cc1. The second kappa shape index (κ2) is 8.90. The zero-order chi connectivity index (χ0) is 23.7. The lowest BCUT2D eigenvalue weighted by Crippen LogP contribution is -2.60. The summed E-state index contributed by atoms with van der Waals surface area (Å²) in [7, 11) is 1.61. The maximum absolute atomic E-state index is 13.5. The molecule has 4 amide bonds. The second-order valence-electron chi connectivity index (χ2n) is 8.23. The van der Waals surface area contributed by atoms with Crippen LogP contribution in [0.3, 0.4) is 0 Å². The number of rotatable bonds is 3. The van der Waals surface area contributed by atoms with Gasteiger partial charge < -0.3 is 25.2 Å². The van der Waals surface area contributed by atoms with Crippen LogP contribution in [0.4, 0.5) is 16.2 Å². The number of methoxy groups -OCH3 is 1. The van der Waals surface area contributed by atoms with E-state index in [1.807, 2.05) is 48.5 Å².